The van der Waals surface area contributed by atoms with Crippen molar-refractivity contribution in [2.24, 2.45) is 7.05 Å². The van der Waals surface area contributed by atoms with E-state index in [1.54, 1.807) is 19.2 Å². The molecule has 0 N–H and O–H groups in total. The maximum Gasteiger partial charge on any atom is 0.214 e. The summed E-state index contributed by atoms with van der Waals surface area (Å²) in [7, 11) is 1.68. The van der Waals surface area contributed by atoms with E-state index in [4.69, 9.17) is 0 Å². The number of ketones is 1. The first-order valence-electron chi connectivity index (χ1n) is 4.33. The smallest absolute Gasteiger partial charge is 0.214 e. The van der Waals surface area contributed by atoms with Crippen LogP contribution in [0.15, 0.2) is 34.9 Å². The molecule has 2 rings (SSSR count). The molecule has 0 unspecified atom stereocenters. The molecular formula is C10H8BrN3O. The molecule has 0 aliphatic heterocycles. The number of aromatic nitrogens is 3. The number of carbonyl (C=O) groups is 1. The summed E-state index contributed by atoms with van der Waals surface area (Å²) in [5.41, 5.74) is 0.971. The summed E-state index contributed by atoms with van der Waals surface area (Å²) in [4.78, 5) is 13.2. The van der Waals surface area contributed by atoms with Gasteiger partial charge < -0.3 is 0 Å². The van der Waals surface area contributed by atoms with Gasteiger partial charge >= 0.3 is 0 Å². The molecule has 1 aromatic carbocycles. The fourth-order valence-corrected chi connectivity index (χ4v) is 1.46. The van der Waals surface area contributed by atoms with Crippen LogP contribution < -0.4 is 0 Å². The fraction of sp³-hybridized carbons (Fsp3) is 0.100. The Morgan fingerprint density at radius 1 is 1.33 bits per heavy atom. The lowest BCUT2D eigenvalue weighted by atomic mass is 10.1. The van der Waals surface area contributed by atoms with E-state index in [1.807, 2.05) is 12.1 Å². The Labute approximate surface area is 95.0 Å². The Morgan fingerprint density at radius 3 is 2.53 bits per heavy atom. The van der Waals surface area contributed by atoms with E-state index in [-0.39, 0.29) is 5.78 Å². The van der Waals surface area contributed by atoms with Crippen molar-refractivity contribution in [3.8, 4) is 0 Å². The van der Waals surface area contributed by atoms with Gasteiger partial charge in [-0.3, -0.25) is 4.79 Å². The van der Waals surface area contributed by atoms with E-state index in [0.717, 1.165) is 4.47 Å². The second-order valence-corrected chi connectivity index (χ2v) is 3.97. The Morgan fingerprint density at radius 2 is 2.00 bits per heavy atom. The summed E-state index contributed by atoms with van der Waals surface area (Å²) in [6, 6.07) is 7.15. The molecule has 0 amide bonds. The van der Waals surface area contributed by atoms with Crippen LogP contribution in [-0.2, 0) is 7.05 Å². The Hall–Kier alpha value is -1.49. The highest BCUT2D eigenvalue weighted by atomic mass is 79.9. The second-order valence-electron chi connectivity index (χ2n) is 3.06. The van der Waals surface area contributed by atoms with Gasteiger partial charge in [-0.15, -0.1) is 0 Å². The monoisotopic (exact) mass is 265 g/mol. The minimum absolute atomic E-state index is 0.115. The summed E-state index contributed by atoms with van der Waals surface area (Å²) in [5.74, 6) is -0.115. The van der Waals surface area contributed by atoms with Gasteiger partial charge in [0, 0.05) is 17.1 Å². The molecule has 1 aromatic heterocycles. The van der Waals surface area contributed by atoms with Gasteiger partial charge in [0.15, 0.2) is 5.69 Å². The maximum absolute atomic E-state index is 11.8. The summed E-state index contributed by atoms with van der Waals surface area (Å²) < 4.78 is 0.943. The number of carbonyl (C=O) groups excluding carboxylic acids is 1. The molecule has 1 heterocycles. The van der Waals surface area contributed by atoms with Gasteiger partial charge in [-0.2, -0.15) is 15.0 Å². The Balaban J connectivity index is 2.32. The second kappa shape index (κ2) is 3.94. The average Bonchev–Trinajstić information content (AvgIpc) is 2.65. The Bertz CT molecular complexity index is 490. The van der Waals surface area contributed by atoms with Crippen molar-refractivity contribution in [3.05, 3.63) is 46.2 Å². The lowest BCUT2D eigenvalue weighted by molar-refractivity contribution is 0.103. The standard InChI is InChI=1S/C10H8BrN3O/c1-14-12-6-9(13-14)10(15)7-2-4-8(11)5-3-7/h2-6H,1H3. The van der Waals surface area contributed by atoms with Crippen LogP contribution in [0.2, 0.25) is 0 Å². The van der Waals surface area contributed by atoms with Crippen LogP contribution in [0.3, 0.4) is 0 Å². The zero-order valence-corrected chi connectivity index (χ0v) is 9.60. The van der Waals surface area contributed by atoms with E-state index in [2.05, 4.69) is 26.1 Å². The highest BCUT2D eigenvalue weighted by Crippen LogP contribution is 2.12. The maximum atomic E-state index is 11.8. The molecule has 15 heavy (non-hydrogen) atoms. The third-order valence-electron chi connectivity index (χ3n) is 1.94. The van der Waals surface area contributed by atoms with Gasteiger partial charge in [0.05, 0.1) is 6.20 Å². The highest BCUT2D eigenvalue weighted by Gasteiger charge is 2.11. The number of hydrogen-bond acceptors (Lipinski definition) is 3. The SMILES string of the molecule is Cn1ncc(C(=O)c2ccc(Br)cc2)n1. The van der Waals surface area contributed by atoms with Crippen molar-refractivity contribution < 1.29 is 4.79 Å². The Kier molecular flexibility index (Phi) is 2.64. The van der Waals surface area contributed by atoms with Gasteiger partial charge in [0.1, 0.15) is 0 Å². The van der Waals surface area contributed by atoms with Crippen LogP contribution in [0.5, 0.6) is 0 Å². The van der Waals surface area contributed by atoms with E-state index < -0.39 is 0 Å². The summed E-state index contributed by atoms with van der Waals surface area (Å²) >= 11 is 3.31. The molecule has 5 heteroatoms. The molecule has 0 saturated carbocycles. The van der Waals surface area contributed by atoms with E-state index in [0.29, 0.717) is 11.3 Å². The normalized spacial score (nSPS) is 10.3. The third kappa shape index (κ3) is 2.12. The van der Waals surface area contributed by atoms with Crippen LogP contribution >= 0.6 is 15.9 Å². The van der Waals surface area contributed by atoms with Crippen molar-refractivity contribution >= 4 is 21.7 Å². The molecule has 0 fully saturated rings. The van der Waals surface area contributed by atoms with Crippen molar-refractivity contribution in [1.29, 1.82) is 0 Å². The molecule has 0 atom stereocenters. The number of nitrogens with zero attached hydrogens (tertiary/aromatic N) is 3. The molecule has 76 valence electrons. The summed E-state index contributed by atoms with van der Waals surface area (Å²) in [5, 5.41) is 7.81. The molecule has 0 aliphatic rings. The van der Waals surface area contributed by atoms with Gasteiger partial charge in [0.25, 0.3) is 0 Å². The number of rotatable bonds is 2. The van der Waals surface area contributed by atoms with Crippen molar-refractivity contribution in [2.75, 3.05) is 0 Å². The topological polar surface area (TPSA) is 47.8 Å². The van der Waals surface area contributed by atoms with Gasteiger partial charge in [-0.05, 0) is 24.3 Å². The molecular weight excluding hydrogens is 258 g/mol. The predicted octanol–water partition coefficient (Wildman–Crippen LogP) is 1.81. The lowest BCUT2D eigenvalue weighted by Gasteiger charge is -1.96. The lowest BCUT2D eigenvalue weighted by Crippen LogP contribution is -2.03. The molecule has 0 aliphatic carbocycles. The number of aryl methyl sites for hydroxylation is 1. The van der Waals surface area contributed by atoms with Gasteiger partial charge in [0.2, 0.25) is 5.78 Å². The van der Waals surface area contributed by atoms with Crippen LogP contribution in [0, 0.1) is 0 Å². The summed E-state index contributed by atoms with van der Waals surface area (Å²) in [6.45, 7) is 0. The highest BCUT2D eigenvalue weighted by molar-refractivity contribution is 9.10. The molecule has 0 radical (unpaired) electrons. The van der Waals surface area contributed by atoms with E-state index in [1.165, 1.54) is 11.0 Å². The number of benzene rings is 1. The predicted molar refractivity (Wildman–Crippen MR) is 58.6 cm³/mol. The first-order chi connectivity index (χ1) is 7.16. The third-order valence-corrected chi connectivity index (χ3v) is 2.47. The zero-order valence-electron chi connectivity index (χ0n) is 8.01. The molecule has 2 aromatic rings. The van der Waals surface area contributed by atoms with Crippen LogP contribution in [0.25, 0.3) is 0 Å². The van der Waals surface area contributed by atoms with Gasteiger partial charge in [-0.25, -0.2) is 0 Å². The first kappa shape index (κ1) is 10.0. The van der Waals surface area contributed by atoms with Crippen LogP contribution in [-0.4, -0.2) is 20.8 Å². The minimum Gasteiger partial charge on any atom is -0.287 e. The van der Waals surface area contributed by atoms with Crippen molar-refractivity contribution in [3.63, 3.8) is 0 Å². The van der Waals surface area contributed by atoms with Crippen molar-refractivity contribution in [1.82, 2.24) is 15.0 Å². The molecule has 0 spiro atoms. The van der Waals surface area contributed by atoms with E-state index in [9.17, 15) is 4.79 Å². The zero-order chi connectivity index (χ0) is 10.8. The number of halogens is 1. The summed E-state index contributed by atoms with van der Waals surface area (Å²) in [6.07, 6.45) is 1.46. The first-order valence-corrected chi connectivity index (χ1v) is 5.13. The number of hydrogen-bond donors (Lipinski definition) is 0. The van der Waals surface area contributed by atoms with Crippen molar-refractivity contribution in [2.45, 2.75) is 0 Å². The average molecular weight is 266 g/mol. The molecule has 0 bridgehead atoms. The minimum atomic E-state index is -0.115. The van der Waals surface area contributed by atoms with Gasteiger partial charge in [-0.1, -0.05) is 15.9 Å². The largest absolute Gasteiger partial charge is 0.287 e. The van der Waals surface area contributed by atoms with Crippen LogP contribution in [0.4, 0.5) is 0 Å². The molecule has 4 nitrogen and oxygen atoms in total. The van der Waals surface area contributed by atoms with E-state index >= 15 is 0 Å². The van der Waals surface area contributed by atoms with Crippen LogP contribution in [0.1, 0.15) is 16.1 Å². The quantitative estimate of drug-likeness (QED) is 0.779. The molecule has 0 saturated heterocycles. The fourth-order valence-electron chi connectivity index (χ4n) is 1.20.